The number of hydrogen-bond donors (Lipinski definition) is 2. The van der Waals surface area contributed by atoms with Gasteiger partial charge < -0.3 is 19.9 Å². The van der Waals surface area contributed by atoms with Crippen LogP contribution in [-0.2, 0) is 24.4 Å². The van der Waals surface area contributed by atoms with Gasteiger partial charge in [0.15, 0.2) is 5.96 Å². The molecule has 2 aromatic carbocycles. The van der Waals surface area contributed by atoms with Gasteiger partial charge in [0.25, 0.3) is 0 Å². The smallest absolute Gasteiger partial charge is 0.367 e. The Balaban J connectivity index is 1.44. The highest BCUT2D eigenvalue weighted by molar-refractivity contribution is 5.79. The molecule has 9 heteroatoms. The molecule has 166 valence electrons. The average Bonchev–Trinajstić information content (AvgIpc) is 3.06. The predicted octanol–water partition coefficient (Wildman–Crippen LogP) is 3.79. The lowest BCUT2D eigenvalue weighted by atomic mass is 10.1. The standard InChI is InChI=1S/C22H26F3N5O/c1-16-29-19-5-3-4-6-20(19)30(16)12-11-27-21(26-2)28-13-17-7-9-18(10-8-17)14-31-15-22(23,24)25/h3-10H,11-15H2,1-2H3,(H2,26,27,28). The molecular weight excluding hydrogens is 407 g/mol. The molecule has 0 aliphatic carbocycles. The minimum Gasteiger partial charge on any atom is -0.367 e. The maximum absolute atomic E-state index is 12.1. The SMILES string of the molecule is CN=C(NCCn1c(C)nc2ccccc21)NCc1ccc(COCC(F)(F)F)cc1. The molecule has 3 aromatic rings. The average molecular weight is 433 g/mol. The van der Waals surface area contributed by atoms with Crippen LogP contribution in [0, 0.1) is 6.92 Å². The highest BCUT2D eigenvalue weighted by Gasteiger charge is 2.27. The zero-order valence-corrected chi connectivity index (χ0v) is 17.5. The molecule has 0 amide bonds. The molecule has 3 rings (SSSR count). The number of fused-ring (bicyclic) bond motifs is 1. The molecule has 0 spiro atoms. The van der Waals surface area contributed by atoms with E-state index in [2.05, 4.69) is 36.0 Å². The van der Waals surface area contributed by atoms with Gasteiger partial charge in [0.2, 0.25) is 0 Å². The molecular formula is C22H26F3N5O. The minimum absolute atomic E-state index is 0.0706. The molecule has 6 nitrogen and oxygen atoms in total. The van der Waals surface area contributed by atoms with Crippen molar-refractivity contribution in [2.75, 3.05) is 20.2 Å². The summed E-state index contributed by atoms with van der Waals surface area (Å²) in [6.45, 7) is 2.64. The third-order valence-corrected chi connectivity index (χ3v) is 4.71. The number of alkyl halides is 3. The quantitative estimate of drug-likeness (QED) is 0.419. The normalized spacial score (nSPS) is 12.4. The first kappa shape index (κ1) is 22.6. The van der Waals surface area contributed by atoms with Crippen molar-refractivity contribution in [1.29, 1.82) is 0 Å². The second-order valence-electron chi connectivity index (χ2n) is 7.08. The van der Waals surface area contributed by atoms with Crippen LogP contribution in [0.3, 0.4) is 0 Å². The Labute approximate surface area is 179 Å². The first-order valence-corrected chi connectivity index (χ1v) is 9.94. The summed E-state index contributed by atoms with van der Waals surface area (Å²) in [4.78, 5) is 8.80. The Morgan fingerprint density at radius 2 is 1.77 bits per heavy atom. The number of aryl methyl sites for hydroxylation is 1. The highest BCUT2D eigenvalue weighted by Crippen LogP contribution is 2.16. The number of nitrogens with zero attached hydrogens (tertiary/aromatic N) is 3. The number of imidazole rings is 1. The molecule has 0 saturated carbocycles. The summed E-state index contributed by atoms with van der Waals surface area (Å²) in [7, 11) is 1.70. The van der Waals surface area contributed by atoms with Crippen LogP contribution in [0.25, 0.3) is 11.0 Å². The van der Waals surface area contributed by atoms with E-state index in [9.17, 15) is 13.2 Å². The number of aliphatic imine (C=N–C) groups is 1. The third kappa shape index (κ3) is 6.71. The van der Waals surface area contributed by atoms with Gasteiger partial charge >= 0.3 is 6.18 Å². The van der Waals surface area contributed by atoms with Crippen LogP contribution >= 0.6 is 0 Å². The number of aromatic nitrogens is 2. The molecule has 0 radical (unpaired) electrons. The van der Waals surface area contributed by atoms with Crippen molar-refractivity contribution in [2.45, 2.75) is 32.8 Å². The van der Waals surface area contributed by atoms with Crippen LogP contribution in [0.1, 0.15) is 17.0 Å². The summed E-state index contributed by atoms with van der Waals surface area (Å²) in [6, 6.07) is 15.3. The van der Waals surface area contributed by atoms with Gasteiger partial charge in [-0.3, -0.25) is 4.99 Å². The summed E-state index contributed by atoms with van der Waals surface area (Å²) in [6.07, 6.45) is -4.31. The summed E-state index contributed by atoms with van der Waals surface area (Å²) in [5.41, 5.74) is 3.76. The van der Waals surface area contributed by atoms with E-state index in [0.717, 1.165) is 29.0 Å². The van der Waals surface area contributed by atoms with Gasteiger partial charge in [-0.25, -0.2) is 4.98 Å². The van der Waals surface area contributed by atoms with Crippen molar-refractivity contribution < 1.29 is 17.9 Å². The first-order chi connectivity index (χ1) is 14.9. The second kappa shape index (κ2) is 10.3. The number of halogens is 3. The molecule has 2 N–H and O–H groups in total. The van der Waals surface area contributed by atoms with E-state index >= 15 is 0 Å². The number of nitrogens with one attached hydrogen (secondary N) is 2. The lowest BCUT2D eigenvalue weighted by Crippen LogP contribution is -2.38. The van der Waals surface area contributed by atoms with Crippen LogP contribution in [0.15, 0.2) is 53.5 Å². The molecule has 1 heterocycles. The van der Waals surface area contributed by atoms with Crippen molar-refractivity contribution in [3.8, 4) is 0 Å². The van der Waals surface area contributed by atoms with Gasteiger partial charge in [0, 0.05) is 26.7 Å². The summed E-state index contributed by atoms with van der Waals surface area (Å²) >= 11 is 0. The van der Waals surface area contributed by atoms with E-state index < -0.39 is 12.8 Å². The predicted molar refractivity (Wildman–Crippen MR) is 115 cm³/mol. The van der Waals surface area contributed by atoms with Crippen molar-refractivity contribution in [3.05, 3.63) is 65.5 Å². The second-order valence-corrected chi connectivity index (χ2v) is 7.08. The molecule has 0 saturated heterocycles. The molecule has 0 atom stereocenters. The maximum atomic E-state index is 12.1. The molecule has 0 fully saturated rings. The topological polar surface area (TPSA) is 63.5 Å². The van der Waals surface area contributed by atoms with Gasteiger partial charge in [-0.1, -0.05) is 36.4 Å². The van der Waals surface area contributed by atoms with Crippen molar-refractivity contribution in [3.63, 3.8) is 0 Å². The summed E-state index contributed by atoms with van der Waals surface area (Å²) in [5, 5.41) is 6.52. The highest BCUT2D eigenvalue weighted by atomic mass is 19.4. The van der Waals surface area contributed by atoms with E-state index in [4.69, 9.17) is 0 Å². The monoisotopic (exact) mass is 433 g/mol. The van der Waals surface area contributed by atoms with Gasteiger partial charge in [0.05, 0.1) is 17.6 Å². The fourth-order valence-electron chi connectivity index (χ4n) is 3.21. The number of rotatable bonds is 8. The molecule has 1 aromatic heterocycles. The Morgan fingerprint density at radius 1 is 1.06 bits per heavy atom. The zero-order valence-electron chi connectivity index (χ0n) is 17.5. The molecule has 0 bridgehead atoms. The summed E-state index contributed by atoms with van der Waals surface area (Å²) < 4.78 is 43.2. The van der Waals surface area contributed by atoms with E-state index in [1.54, 1.807) is 19.2 Å². The molecule has 31 heavy (non-hydrogen) atoms. The van der Waals surface area contributed by atoms with E-state index in [1.165, 1.54) is 0 Å². The van der Waals surface area contributed by atoms with E-state index in [-0.39, 0.29) is 6.61 Å². The number of benzene rings is 2. The largest absolute Gasteiger partial charge is 0.411 e. The summed E-state index contributed by atoms with van der Waals surface area (Å²) in [5.74, 6) is 1.63. The first-order valence-electron chi connectivity index (χ1n) is 9.94. The third-order valence-electron chi connectivity index (χ3n) is 4.71. The van der Waals surface area contributed by atoms with E-state index in [0.29, 0.717) is 24.6 Å². The Hall–Kier alpha value is -3.07. The minimum atomic E-state index is -4.31. The fourth-order valence-corrected chi connectivity index (χ4v) is 3.21. The van der Waals surface area contributed by atoms with Crippen LogP contribution < -0.4 is 10.6 Å². The van der Waals surface area contributed by atoms with Crippen LogP contribution in [0.4, 0.5) is 13.2 Å². The van der Waals surface area contributed by atoms with Crippen molar-refractivity contribution in [2.24, 2.45) is 4.99 Å². The van der Waals surface area contributed by atoms with Crippen molar-refractivity contribution >= 4 is 17.0 Å². The number of para-hydroxylation sites is 2. The van der Waals surface area contributed by atoms with Gasteiger partial charge in [-0.15, -0.1) is 0 Å². The lowest BCUT2D eigenvalue weighted by molar-refractivity contribution is -0.176. The Bertz CT molecular complexity index is 1010. The van der Waals surface area contributed by atoms with Crippen LogP contribution in [-0.4, -0.2) is 41.9 Å². The number of guanidine groups is 1. The Kier molecular flexibility index (Phi) is 7.51. The molecule has 0 aliphatic rings. The van der Waals surface area contributed by atoms with Gasteiger partial charge in [-0.2, -0.15) is 13.2 Å². The van der Waals surface area contributed by atoms with Gasteiger partial charge in [0.1, 0.15) is 12.4 Å². The zero-order chi connectivity index (χ0) is 22.3. The van der Waals surface area contributed by atoms with Crippen molar-refractivity contribution in [1.82, 2.24) is 20.2 Å². The van der Waals surface area contributed by atoms with Gasteiger partial charge in [-0.05, 0) is 30.2 Å². The van der Waals surface area contributed by atoms with Crippen LogP contribution in [0.5, 0.6) is 0 Å². The van der Waals surface area contributed by atoms with E-state index in [1.807, 2.05) is 37.3 Å². The number of ether oxygens (including phenoxy) is 1. The number of hydrogen-bond acceptors (Lipinski definition) is 3. The molecule has 0 unspecified atom stereocenters. The maximum Gasteiger partial charge on any atom is 0.411 e. The lowest BCUT2D eigenvalue weighted by Gasteiger charge is -2.13. The fraction of sp³-hybridized carbons (Fsp3) is 0.364. The van der Waals surface area contributed by atoms with Crippen LogP contribution in [0.2, 0.25) is 0 Å². The Morgan fingerprint density at radius 3 is 2.48 bits per heavy atom. The molecule has 0 aliphatic heterocycles.